The minimum absolute atomic E-state index is 0.00424. The number of rotatable bonds is 20. The molecule has 139 heavy (non-hydrogen) atoms. The van der Waals surface area contributed by atoms with Crippen molar-refractivity contribution in [2.75, 3.05) is 91.3 Å². The maximum Gasteiger partial charge on any atom is 0.411 e. The van der Waals surface area contributed by atoms with Gasteiger partial charge in [-0.25, -0.2) is 47.9 Å². The summed E-state index contributed by atoms with van der Waals surface area (Å²) in [4.78, 5) is 154. The number of esters is 2. The van der Waals surface area contributed by atoms with E-state index in [1.807, 2.05) is 195 Å². The lowest BCUT2D eigenvalue weighted by molar-refractivity contribution is -0.146. The average molecular weight is 2130 g/mol. The highest BCUT2D eigenvalue weighted by Crippen LogP contribution is 2.36. The van der Waals surface area contributed by atoms with Crippen LogP contribution in [0.3, 0.4) is 0 Å². The number of hydrogen-bond donors (Lipinski definition) is 2. The third-order valence-electron chi connectivity index (χ3n) is 20.3. The van der Waals surface area contributed by atoms with Gasteiger partial charge < -0.3 is 62.9 Å². The number of amides is 8. The van der Waals surface area contributed by atoms with Crippen LogP contribution in [0.5, 0.6) is 0 Å². The van der Waals surface area contributed by atoms with E-state index in [9.17, 15) is 63.1 Å². The molecule has 41 heteroatoms. The van der Waals surface area contributed by atoms with Gasteiger partial charge in [0.2, 0.25) is 17.3 Å². The predicted molar refractivity (Wildman–Crippen MR) is 542 cm³/mol. The molecule has 0 saturated carbocycles. The van der Waals surface area contributed by atoms with Crippen LogP contribution in [0.25, 0.3) is 0 Å². The highest BCUT2D eigenvalue weighted by Gasteiger charge is 2.51. The first-order valence-corrected chi connectivity index (χ1v) is 49.3. The molecule has 5 aliphatic heterocycles. The number of likely N-dealkylation sites (tertiary alicyclic amines) is 4. The van der Waals surface area contributed by atoms with Gasteiger partial charge >= 0.3 is 60.6 Å². The van der Waals surface area contributed by atoms with Crippen LogP contribution in [0.2, 0.25) is 0 Å². The fraction of sp³-hybridized carbons (Fsp3) is 0.571. The molecular weight excluding hydrogens is 1990 g/mol. The zero-order valence-electron chi connectivity index (χ0n) is 83.4. The summed E-state index contributed by atoms with van der Waals surface area (Å²) < 4.78 is 41.9. The van der Waals surface area contributed by atoms with Gasteiger partial charge in [0, 0.05) is 97.4 Å². The molecule has 774 valence electrons. The van der Waals surface area contributed by atoms with Crippen LogP contribution in [0.15, 0.2) is 146 Å². The van der Waals surface area contributed by atoms with Crippen molar-refractivity contribution in [1.82, 2.24) is 44.5 Å². The van der Waals surface area contributed by atoms with Crippen molar-refractivity contribution in [3.05, 3.63) is 173 Å². The van der Waals surface area contributed by atoms with Crippen LogP contribution in [-0.4, -0.2) is 279 Å². The second-order valence-corrected chi connectivity index (χ2v) is 42.8. The van der Waals surface area contributed by atoms with E-state index in [2.05, 4.69) is 16.3 Å². The number of halogens is 9. The molecule has 5 aliphatic rings. The van der Waals surface area contributed by atoms with E-state index in [1.54, 1.807) is 94.1 Å². The second kappa shape index (κ2) is 59.0. The predicted octanol–water partition coefficient (Wildman–Crippen LogP) is 21.0. The molecule has 0 aliphatic carbocycles. The molecule has 0 aromatic heterocycles. The molecule has 8 amide bonds. The number of alkyl halides is 9. The minimum atomic E-state index is -1.80. The molecule has 0 unspecified atom stereocenters. The number of hydrogen-bond acceptors (Lipinski definition) is 23. The maximum absolute atomic E-state index is 14.0. The normalized spacial score (nSPS) is 18.3. The molecule has 8 atom stereocenters. The summed E-state index contributed by atoms with van der Waals surface area (Å²) in [5, 5.41) is 22.6. The summed E-state index contributed by atoms with van der Waals surface area (Å²) in [7, 11) is 2.57. The topological polar surface area (TPSA) is 356 Å². The van der Waals surface area contributed by atoms with E-state index in [-0.39, 0.29) is 70.5 Å². The molecular formula is C98H138Cl9N11O21. The van der Waals surface area contributed by atoms with Gasteiger partial charge in [-0.05, 0) is 130 Å². The van der Waals surface area contributed by atoms with Crippen molar-refractivity contribution in [3.8, 4) is 6.07 Å². The van der Waals surface area contributed by atoms with Crippen LogP contribution in [0.1, 0.15) is 192 Å². The molecule has 5 aromatic carbocycles. The van der Waals surface area contributed by atoms with Gasteiger partial charge in [0.05, 0.1) is 43.6 Å². The Morgan fingerprint density at radius 2 is 0.669 bits per heavy atom. The minimum Gasteiger partial charge on any atom is -0.480 e. The van der Waals surface area contributed by atoms with Crippen LogP contribution < -0.4 is 10.2 Å². The first kappa shape index (κ1) is 124. The number of carbonyl (C=O) groups excluding carboxylic acids is 10. The van der Waals surface area contributed by atoms with Crippen LogP contribution >= 0.6 is 104 Å². The number of carboxylic acid groups (broad SMARTS) is 1. The number of carbonyl (C=O) groups is 11. The molecule has 5 aromatic rings. The van der Waals surface area contributed by atoms with Gasteiger partial charge in [0.1, 0.15) is 72.5 Å². The van der Waals surface area contributed by atoms with Crippen LogP contribution in [0, 0.1) is 11.3 Å². The zero-order valence-corrected chi connectivity index (χ0v) is 90.2. The van der Waals surface area contributed by atoms with Crippen molar-refractivity contribution in [2.45, 2.75) is 272 Å². The number of nitriles is 1. The number of ether oxygens (including phenoxy) is 9. The number of piperazine rings is 1. The first-order chi connectivity index (χ1) is 65.1. The molecule has 10 rings (SSSR count). The third kappa shape index (κ3) is 44.0. The molecule has 5 saturated heterocycles. The van der Waals surface area contributed by atoms with E-state index in [4.69, 9.17) is 147 Å². The van der Waals surface area contributed by atoms with E-state index < -0.39 is 156 Å². The second-order valence-electron chi connectivity index (χ2n) is 35.2. The number of methoxy groups -OCH3 is 2. The number of nitrogens with zero attached hydrogens (tertiary/aromatic N) is 10. The van der Waals surface area contributed by atoms with Gasteiger partial charge in [-0.1, -0.05) is 293 Å². The molecule has 2 N–H and O–H groups in total. The van der Waals surface area contributed by atoms with E-state index >= 15 is 0 Å². The van der Waals surface area contributed by atoms with Crippen molar-refractivity contribution in [1.29, 1.82) is 5.26 Å². The number of para-hydroxylation sites is 1. The monoisotopic (exact) mass is 2120 g/mol. The fourth-order valence-corrected chi connectivity index (χ4v) is 15.0. The molecule has 5 fully saturated rings. The Morgan fingerprint density at radius 3 is 0.978 bits per heavy atom. The Labute approximate surface area is 864 Å². The summed E-state index contributed by atoms with van der Waals surface area (Å²) in [5.41, 5.74) is 2.02. The van der Waals surface area contributed by atoms with Gasteiger partial charge in [-0.3, -0.25) is 39.1 Å². The highest BCUT2D eigenvalue weighted by molar-refractivity contribution is 6.68. The molecule has 5 heterocycles. The lowest BCUT2D eigenvalue weighted by Crippen LogP contribution is -2.55. The standard InChI is InChI=1S/C31H36Cl3N5O5.C21H27Cl3N2O6.C20H25Cl3N2O6.C18H26N2O4.4C2H6/c1-30(2,3)44-29(42)39-20-24(38(19-22-9-5-4-6-10-22)28(41)43-21-31(32,33)34)17-26(39)27(40)37-15-13-36(14-16-37)25-12-8-7-11-23(25)18-35;1-20(2,3)32-19(29)26-12-15(10-16(26)17(27)30-4)25(11-14-8-6-5-7-9-14)18(28)31-13-21(22,23)24;1-19(2,3)31-18(29)25-11-14(9-15(25)16(26)27)24(10-13-7-5-4-6-8-13)17(28)30-12-20(21,22)23;1-18(2,3)24-17(22)20-12-14(10-15(20)16(21)23-4)19-11-13-8-6-5-7-9-13;4*1-2/h4-12,24,26H,13-17,19-21H2,1-3H3;5-9,15-16H,10-13H2,1-4H3;4-8,14-15H,9-12H2,1-3H3,(H,26,27);5-9,14-15,19H,10-12H2,1-4H3;4*1-2H3/t24-,26-;15-,16-;2*14-,15-;;;;/m0000..../s1. The van der Waals surface area contributed by atoms with Gasteiger partial charge in [0.25, 0.3) is 0 Å². The molecule has 0 bridgehead atoms. The summed E-state index contributed by atoms with van der Waals surface area (Å²) >= 11 is 51.7. The smallest absolute Gasteiger partial charge is 0.411 e. The van der Waals surface area contributed by atoms with Crippen molar-refractivity contribution in [3.63, 3.8) is 0 Å². The summed E-state index contributed by atoms with van der Waals surface area (Å²) in [5.74, 6) is -2.44. The Balaban J connectivity index is 0.000000474. The zero-order chi connectivity index (χ0) is 105. The lowest BCUT2D eigenvalue weighted by Gasteiger charge is -2.38. The summed E-state index contributed by atoms with van der Waals surface area (Å²) in [6.45, 7) is 39.0. The van der Waals surface area contributed by atoms with E-state index in [1.165, 1.54) is 43.6 Å². The Hall–Kier alpha value is -9.27. The largest absolute Gasteiger partial charge is 0.480 e. The Morgan fingerprint density at radius 1 is 0.388 bits per heavy atom. The number of anilines is 1. The lowest BCUT2D eigenvalue weighted by atomic mass is 10.1. The summed E-state index contributed by atoms with van der Waals surface area (Å²) in [6.07, 6.45) is -3.99. The van der Waals surface area contributed by atoms with Crippen molar-refractivity contribution < 1.29 is 100 Å². The number of benzene rings is 5. The quantitative estimate of drug-likeness (QED) is 0.0415. The fourth-order valence-electron chi connectivity index (χ4n) is 14.5. The first-order valence-electron chi connectivity index (χ1n) is 45.9. The Bertz CT molecular complexity index is 4680. The summed E-state index contributed by atoms with van der Waals surface area (Å²) in [6, 6.07) is 41.8. The van der Waals surface area contributed by atoms with Gasteiger partial charge in [-0.15, -0.1) is 0 Å². The van der Waals surface area contributed by atoms with E-state index in [0.29, 0.717) is 51.3 Å². The van der Waals surface area contributed by atoms with E-state index in [0.717, 1.165) is 32.8 Å². The van der Waals surface area contributed by atoms with Crippen molar-refractivity contribution >= 4 is 177 Å². The average Bonchev–Trinajstić information content (AvgIpc) is 1.55. The maximum atomic E-state index is 14.0. The number of nitrogens with one attached hydrogen (secondary N) is 1. The molecule has 32 nitrogen and oxygen atoms in total. The molecule has 0 spiro atoms. The Kier molecular flexibility index (Phi) is 52.6. The van der Waals surface area contributed by atoms with Crippen molar-refractivity contribution in [2.24, 2.45) is 0 Å². The van der Waals surface area contributed by atoms with Gasteiger partial charge in [0.15, 0.2) is 0 Å². The van der Waals surface area contributed by atoms with Gasteiger partial charge in [-0.2, -0.15) is 5.26 Å². The van der Waals surface area contributed by atoms with Crippen LogP contribution in [0.4, 0.5) is 39.2 Å². The SMILES string of the molecule is CC.CC.CC.CC.CC(C)(C)OC(=O)N1C[C@@H](N(Cc2ccccc2)C(=O)OCC(Cl)(Cl)Cl)C[C@H]1C(=O)N1CCN(c2ccccc2C#N)CC1.CC(C)(C)OC(=O)N1C[C@@H](N(Cc2ccccc2)C(=O)OCC(Cl)(Cl)Cl)C[C@H]1C(=O)O.COC(=O)[C@@H]1C[C@H](N(Cc2ccccc2)C(=O)OCC(Cl)(Cl)Cl)CN1C(=O)OC(C)(C)C.COC(=O)[C@@H]1C[C@H](NCc2ccccc2)CN1C(=O)OC(C)(C)C. The molecule has 0 radical (unpaired) electrons. The highest BCUT2D eigenvalue weighted by atomic mass is 35.6. The third-order valence-corrected chi connectivity index (χ3v) is 21.2. The number of carboxylic acids is 1. The van der Waals surface area contributed by atoms with Crippen LogP contribution in [-0.2, 0) is 88.0 Å². The number of aliphatic carboxylic acids is 1.